The maximum Gasteiger partial charge on any atom is 0.159 e. The molecule has 2 rings (SSSR count). The Bertz CT molecular complexity index is 274. The molecule has 66 valence electrons. The fourth-order valence-electron chi connectivity index (χ4n) is 1.62. The van der Waals surface area contributed by atoms with Crippen molar-refractivity contribution in [3.8, 4) is 0 Å². The van der Waals surface area contributed by atoms with Gasteiger partial charge < -0.3 is 4.90 Å². The summed E-state index contributed by atoms with van der Waals surface area (Å²) >= 11 is 5.15. The molecule has 0 aromatic carbocycles. The highest BCUT2D eigenvalue weighted by molar-refractivity contribution is 9.11. The van der Waals surface area contributed by atoms with E-state index in [0.29, 0.717) is 0 Å². The van der Waals surface area contributed by atoms with Crippen molar-refractivity contribution in [2.45, 2.75) is 12.3 Å². The molecule has 0 bridgehead atoms. The molecule has 4 heteroatoms. The second-order valence-corrected chi connectivity index (χ2v) is 5.60. The highest BCUT2D eigenvalue weighted by Crippen LogP contribution is 2.31. The van der Waals surface area contributed by atoms with Gasteiger partial charge in [-0.2, -0.15) is 0 Å². The fraction of sp³-hybridized carbons (Fsp3) is 0.625. The minimum atomic E-state index is 0.721. The van der Waals surface area contributed by atoms with E-state index in [1.54, 1.807) is 11.3 Å². The van der Waals surface area contributed by atoms with Crippen molar-refractivity contribution in [2.75, 3.05) is 20.1 Å². The maximum absolute atomic E-state index is 4.20. The number of hydrogen-bond donors (Lipinski definition) is 0. The topological polar surface area (TPSA) is 16.1 Å². The average molecular weight is 247 g/mol. The first-order valence-electron chi connectivity index (χ1n) is 4.05. The molecule has 12 heavy (non-hydrogen) atoms. The molecule has 1 aliphatic heterocycles. The van der Waals surface area contributed by atoms with Crippen molar-refractivity contribution in [1.82, 2.24) is 9.88 Å². The van der Waals surface area contributed by atoms with Gasteiger partial charge >= 0.3 is 0 Å². The summed E-state index contributed by atoms with van der Waals surface area (Å²) in [6.07, 6.45) is 3.28. The van der Waals surface area contributed by atoms with Crippen molar-refractivity contribution < 1.29 is 0 Å². The molecule has 2 heterocycles. The number of rotatable bonds is 1. The van der Waals surface area contributed by atoms with Gasteiger partial charge in [-0.3, -0.25) is 0 Å². The number of halogens is 1. The van der Waals surface area contributed by atoms with Crippen molar-refractivity contribution in [2.24, 2.45) is 0 Å². The fourth-order valence-corrected chi connectivity index (χ4v) is 3.05. The molecule has 2 nitrogen and oxygen atoms in total. The predicted molar refractivity (Wildman–Crippen MR) is 54.7 cm³/mol. The van der Waals surface area contributed by atoms with Gasteiger partial charge in [-0.1, -0.05) is 0 Å². The summed E-state index contributed by atoms with van der Waals surface area (Å²) < 4.78 is 1.01. The van der Waals surface area contributed by atoms with Gasteiger partial charge in [-0.05, 0) is 35.9 Å². The summed E-state index contributed by atoms with van der Waals surface area (Å²) in [6.45, 7) is 2.41. The Morgan fingerprint density at radius 1 is 1.75 bits per heavy atom. The van der Waals surface area contributed by atoms with Crippen molar-refractivity contribution in [1.29, 1.82) is 0 Å². The Morgan fingerprint density at radius 3 is 3.08 bits per heavy atom. The van der Waals surface area contributed by atoms with E-state index in [0.717, 1.165) is 9.83 Å². The van der Waals surface area contributed by atoms with Crippen LogP contribution >= 0.6 is 27.3 Å². The molecule has 0 spiro atoms. The first-order valence-corrected chi connectivity index (χ1v) is 5.66. The van der Waals surface area contributed by atoms with Crippen LogP contribution in [0.25, 0.3) is 0 Å². The lowest BCUT2D eigenvalue weighted by atomic mass is 10.1. The van der Waals surface area contributed by atoms with E-state index < -0.39 is 0 Å². The molecule has 1 saturated heterocycles. The maximum atomic E-state index is 4.20. The Hall–Kier alpha value is 0.0700. The third kappa shape index (κ3) is 1.70. The van der Waals surface area contributed by atoms with E-state index >= 15 is 0 Å². The molecule has 1 aliphatic rings. The third-order valence-electron chi connectivity index (χ3n) is 2.29. The van der Waals surface area contributed by atoms with E-state index in [4.69, 9.17) is 0 Å². The molecular weight excluding hydrogens is 236 g/mol. The molecule has 1 atom stereocenters. The lowest BCUT2D eigenvalue weighted by Gasteiger charge is -2.06. The molecular formula is C8H11BrN2S. The number of hydrogen-bond acceptors (Lipinski definition) is 3. The predicted octanol–water partition coefficient (Wildman–Crippen LogP) is 2.32. The van der Waals surface area contributed by atoms with Gasteiger partial charge in [0.25, 0.3) is 0 Å². The van der Waals surface area contributed by atoms with Crippen LogP contribution in [0.4, 0.5) is 0 Å². The third-order valence-corrected chi connectivity index (χ3v) is 3.93. The normalized spacial score (nSPS) is 25.0. The number of likely N-dealkylation sites (N-methyl/N-ethyl adjacent to an activating group) is 1. The van der Waals surface area contributed by atoms with Crippen molar-refractivity contribution in [3.63, 3.8) is 0 Å². The zero-order valence-corrected chi connectivity index (χ0v) is 9.36. The highest BCUT2D eigenvalue weighted by Gasteiger charge is 2.22. The lowest BCUT2D eigenvalue weighted by molar-refractivity contribution is 0.412. The highest BCUT2D eigenvalue weighted by atomic mass is 79.9. The second-order valence-electron chi connectivity index (χ2n) is 3.26. The number of thiazole rings is 1. The van der Waals surface area contributed by atoms with Gasteiger partial charge in [0.05, 0.1) is 0 Å². The molecule has 1 aromatic rings. The van der Waals surface area contributed by atoms with Gasteiger partial charge in [0.1, 0.15) is 0 Å². The zero-order chi connectivity index (χ0) is 8.55. The summed E-state index contributed by atoms with van der Waals surface area (Å²) in [5.74, 6) is 0.721. The van der Waals surface area contributed by atoms with Crippen LogP contribution in [-0.4, -0.2) is 30.0 Å². The number of aromatic nitrogens is 1. The molecule has 1 fully saturated rings. The Balaban J connectivity index is 2.11. The van der Waals surface area contributed by atoms with E-state index in [9.17, 15) is 0 Å². The minimum Gasteiger partial charge on any atom is -0.306 e. The molecule has 0 aliphatic carbocycles. The van der Waals surface area contributed by atoms with Gasteiger partial charge in [-0.15, -0.1) is 11.3 Å². The van der Waals surface area contributed by atoms with E-state index in [1.165, 1.54) is 24.4 Å². The first kappa shape index (κ1) is 8.66. The number of nitrogens with zero attached hydrogens (tertiary/aromatic N) is 2. The molecule has 0 saturated carbocycles. The Morgan fingerprint density at radius 2 is 2.58 bits per heavy atom. The van der Waals surface area contributed by atoms with Gasteiger partial charge in [0.2, 0.25) is 0 Å². The largest absolute Gasteiger partial charge is 0.306 e. The summed E-state index contributed by atoms with van der Waals surface area (Å²) in [5, 5.41) is 0. The van der Waals surface area contributed by atoms with Crippen LogP contribution in [0.1, 0.15) is 17.2 Å². The van der Waals surface area contributed by atoms with E-state index in [1.807, 2.05) is 6.20 Å². The van der Waals surface area contributed by atoms with Crippen molar-refractivity contribution >= 4 is 27.3 Å². The summed E-state index contributed by atoms with van der Waals surface area (Å²) in [5.41, 5.74) is 0. The molecule has 1 aromatic heterocycles. The molecule has 0 amide bonds. The standard InChI is InChI=1S/C8H11BrN2S/c1-11-3-2-6(5-11)7-4-10-8(9)12-7/h4,6H,2-3,5H2,1H3. The van der Waals surface area contributed by atoms with Crippen LogP contribution in [0.3, 0.4) is 0 Å². The molecule has 0 radical (unpaired) electrons. The van der Waals surface area contributed by atoms with Crippen LogP contribution in [-0.2, 0) is 0 Å². The molecule has 1 unspecified atom stereocenters. The first-order chi connectivity index (χ1) is 5.75. The van der Waals surface area contributed by atoms with Crippen LogP contribution < -0.4 is 0 Å². The Kier molecular flexibility index (Phi) is 2.48. The van der Waals surface area contributed by atoms with E-state index in [-0.39, 0.29) is 0 Å². The molecule has 0 N–H and O–H groups in total. The SMILES string of the molecule is CN1CCC(c2cnc(Br)s2)C1. The van der Waals surface area contributed by atoms with Crippen LogP contribution in [0, 0.1) is 0 Å². The summed E-state index contributed by atoms with van der Waals surface area (Å²) in [7, 11) is 2.18. The van der Waals surface area contributed by atoms with Gasteiger partial charge in [0, 0.05) is 23.5 Å². The lowest BCUT2D eigenvalue weighted by Crippen LogP contribution is -2.12. The summed E-state index contributed by atoms with van der Waals surface area (Å²) in [6, 6.07) is 0. The number of likely N-dealkylation sites (tertiary alicyclic amines) is 1. The van der Waals surface area contributed by atoms with Gasteiger partial charge in [-0.25, -0.2) is 4.98 Å². The second kappa shape index (κ2) is 3.44. The van der Waals surface area contributed by atoms with E-state index in [2.05, 4.69) is 32.9 Å². The zero-order valence-electron chi connectivity index (χ0n) is 6.96. The summed E-state index contributed by atoms with van der Waals surface area (Å²) in [4.78, 5) is 8.00. The quantitative estimate of drug-likeness (QED) is 0.757. The Labute approximate surface area is 84.7 Å². The smallest absolute Gasteiger partial charge is 0.159 e. The van der Waals surface area contributed by atoms with Crippen molar-refractivity contribution in [3.05, 3.63) is 15.0 Å². The van der Waals surface area contributed by atoms with Crippen LogP contribution in [0.15, 0.2) is 10.1 Å². The van der Waals surface area contributed by atoms with Gasteiger partial charge in [0.15, 0.2) is 3.92 Å². The van der Waals surface area contributed by atoms with Crippen LogP contribution in [0.2, 0.25) is 0 Å². The monoisotopic (exact) mass is 246 g/mol. The van der Waals surface area contributed by atoms with Crippen LogP contribution in [0.5, 0.6) is 0 Å². The minimum absolute atomic E-state index is 0.721. The average Bonchev–Trinajstić information content (AvgIpc) is 2.58.